The first-order chi connectivity index (χ1) is 9.69. The molecule has 1 aromatic heterocycles. The van der Waals surface area contributed by atoms with Gasteiger partial charge in [0.2, 0.25) is 0 Å². The summed E-state index contributed by atoms with van der Waals surface area (Å²) in [5.74, 6) is 0.288. The average Bonchev–Trinajstić information content (AvgIpc) is 2.46. The summed E-state index contributed by atoms with van der Waals surface area (Å²) in [4.78, 5) is 4.40. The van der Waals surface area contributed by atoms with E-state index in [9.17, 15) is 5.11 Å². The molecule has 2 N–H and O–H groups in total. The second-order valence-corrected chi connectivity index (χ2v) is 5.21. The molecule has 0 bridgehead atoms. The molecule has 0 radical (unpaired) electrons. The zero-order valence-electron chi connectivity index (χ0n) is 11.5. The third-order valence-corrected chi connectivity index (χ3v) is 3.35. The van der Waals surface area contributed by atoms with E-state index in [0.717, 1.165) is 30.6 Å². The molecule has 20 heavy (non-hydrogen) atoms. The van der Waals surface area contributed by atoms with Crippen LogP contribution in [-0.2, 0) is 6.42 Å². The molecule has 2 aromatic rings. The van der Waals surface area contributed by atoms with E-state index in [1.807, 2.05) is 24.3 Å². The van der Waals surface area contributed by atoms with Gasteiger partial charge in [-0.1, -0.05) is 30.7 Å². The van der Waals surface area contributed by atoms with Crippen LogP contribution in [0.15, 0.2) is 42.6 Å². The van der Waals surface area contributed by atoms with Crippen molar-refractivity contribution in [2.45, 2.75) is 25.8 Å². The maximum absolute atomic E-state index is 9.34. The van der Waals surface area contributed by atoms with Crippen molar-refractivity contribution in [1.29, 1.82) is 0 Å². The van der Waals surface area contributed by atoms with Gasteiger partial charge in [-0.2, -0.15) is 0 Å². The number of hydrogen-bond acceptors (Lipinski definition) is 3. The van der Waals surface area contributed by atoms with Crippen molar-refractivity contribution in [3.63, 3.8) is 0 Å². The van der Waals surface area contributed by atoms with Crippen LogP contribution in [0.5, 0.6) is 5.75 Å². The summed E-state index contributed by atoms with van der Waals surface area (Å²) in [7, 11) is 0. The Labute approximate surface area is 124 Å². The fraction of sp³-hybridized carbons (Fsp3) is 0.312. The third-order valence-electron chi connectivity index (χ3n) is 3.12. The fourth-order valence-corrected chi connectivity index (χ4v) is 2.17. The van der Waals surface area contributed by atoms with E-state index < -0.39 is 0 Å². The van der Waals surface area contributed by atoms with Crippen molar-refractivity contribution in [3.8, 4) is 5.75 Å². The molecule has 0 aliphatic carbocycles. The van der Waals surface area contributed by atoms with E-state index in [0.29, 0.717) is 5.02 Å². The van der Waals surface area contributed by atoms with Gasteiger partial charge in [0, 0.05) is 6.20 Å². The number of halogens is 1. The predicted molar refractivity (Wildman–Crippen MR) is 82.1 cm³/mol. The summed E-state index contributed by atoms with van der Waals surface area (Å²) in [6.07, 6.45) is 3.57. The molecular weight excluding hydrogens is 272 g/mol. The lowest BCUT2D eigenvalue weighted by molar-refractivity contribution is 0.474. The van der Waals surface area contributed by atoms with Gasteiger partial charge in [-0.3, -0.25) is 4.98 Å². The Balaban J connectivity index is 2.14. The molecule has 106 valence electrons. The van der Waals surface area contributed by atoms with E-state index in [1.54, 1.807) is 18.3 Å². The van der Waals surface area contributed by atoms with Gasteiger partial charge in [-0.05, 0) is 49.2 Å². The van der Waals surface area contributed by atoms with Gasteiger partial charge in [-0.15, -0.1) is 0 Å². The number of rotatable bonds is 6. The minimum absolute atomic E-state index is 0.150. The molecule has 1 heterocycles. The largest absolute Gasteiger partial charge is 0.508 e. The second-order valence-electron chi connectivity index (χ2n) is 4.78. The molecule has 0 saturated heterocycles. The first-order valence-electron chi connectivity index (χ1n) is 6.81. The number of aromatic hydroxyl groups is 1. The van der Waals surface area contributed by atoms with Crippen molar-refractivity contribution < 1.29 is 5.11 Å². The molecule has 1 aromatic carbocycles. The smallest absolute Gasteiger partial charge is 0.115 e. The zero-order chi connectivity index (χ0) is 14.4. The highest BCUT2D eigenvalue weighted by Crippen LogP contribution is 2.20. The Bertz CT molecular complexity index is 525. The molecule has 4 heteroatoms. The van der Waals surface area contributed by atoms with Crippen LogP contribution in [0.3, 0.4) is 0 Å². The quantitative estimate of drug-likeness (QED) is 0.852. The van der Waals surface area contributed by atoms with E-state index in [-0.39, 0.29) is 11.8 Å². The molecule has 0 aliphatic heterocycles. The number of phenols is 1. The molecule has 0 saturated carbocycles. The SMILES string of the molecule is CCCNC(Cc1ccc(O)cc1)c1ccc(Cl)cn1. The maximum atomic E-state index is 9.34. The Kier molecular flexibility index (Phi) is 5.39. The number of nitrogens with zero attached hydrogens (tertiary/aromatic N) is 1. The lowest BCUT2D eigenvalue weighted by Gasteiger charge is -2.18. The van der Waals surface area contributed by atoms with Crippen LogP contribution in [-0.4, -0.2) is 16.6 Å². The fourth-order valence-electron chi connectivity index (χ4n) is 2.06. The van der Waals surface area contributed by atoms with E-state index in [4.69, 9.17) is 11.6 Å². The number of aromatic nitrogens is 1. The van der Waals surface area contributed by atoms with Crippen LogP contribution in [0.2, 0.25) is 5.02 Å². The lowest BCUT2D eigenvalue weighted by Crippen LogP contribution is -2.24. The first-order valence-corrected chi connectivity index (χ1v) is 7.19. The summed E-state index contributed by atoms with van der Waals surface area (Å²) in [6, 6.07) is 11.3. The van der Waals surface area contributed by atoms with Crippen LogP contribution in [0.25, 0.3) is 0 Å². The Morgan fingerprint density at radius 1 is 1.20 bits per heavy atom. The number of benzene rings is 1. The van der Waals surface area contributed by atoms with Gasteiger partial charge in [0.1, 0.15) is 5.75 Å². The number of pyridine rings is 1. The minimum Gasteiger partial charge on any atom is -0.508 e. The topological polar surface area (TPSA) is 45.1 Å². The lowest BCUT2D eigenvalue weighted by atomic mass is 10.0. The molecule has 1 atom stereocenters. The molecule has 0 spiro atoms. The van der Waals surface area contributed by atoms with Gasteiger partial charge >= 0.3 is 0 Å². The van der Waals surface area contributed by atoms with Crippen LogP contribution >= 0.6 is 11.6 Å². The molecule has 0 fully saturated rings. The van der Waals surface area contributed by atoms with Gasteiger partial charge < -0.3 is 10.4 Å². The van der Waals surface area contributed by atoms with E-state index >= 15 is 0 Å². The normalized spacial score (nSPS) is 12.3. The second kappa shape index (κ2) is 7.27. The Hall–Kier alpha value is -1.58. The molecule has 0 amide bonds. The Morgan fingerprint density at radius 3 is 2.55 bits per heavy atom. The Morgan fingerprint density at radius 2 is 1.95 bits per heavy atom. The third kappa shape index (κ3) is 4.22. The predicted octanol–water partition coefficient (Wildman–Crippen LogP) is 3.72. The van der Waals surface area contributed by atoms with E-state index in [2.05, 4.69) is 17.2 Å². The van der Waals surface area contributed by atoms with Gasteiger partial charge in [0.15, 0.2) is 0 Å². The summed E-state index contributed by atoms with van der Waals surface area (Å²) >= 11 is 5.89. The van der Waals surface area contributed by atoms with Crippen molar-refractivity contribution in [3.05, 3.63) is 58.9 Å². The average molecular weight is 291 g/mol. The van der Waals surface area contributed by atoms with Crippen molar-refractivity contribution in [2.75, 3.05) is 6.54 Å². The molecule has 2 rings (SSSR count). The summed E-state index contributed by atoms with van der Waals surface area (Å²) in [5.41, 5.74) is 2.14. The van der Waals surface area contributed by atoms with E-state index in [1.165, 1.54) is 0 Å². The molecule has 0 aliphatic rings. The monoisotopic (exact) mass is 290 g/mol. The summed E-state index contributed by atoms with van der Waals surface area (Å²) in [6.45, 7) is 3.08. The van der Waals surface area contributed by atoms with Crippen LogP contribution in [0.4, 0.5) is 0 Å². The van der Waals surface area contributed by atoms with Crippen LogP contribution < -0.4 is 5.32 Å². The summed E-state index contributed by atoms with van der Waals surface area (Å²) < 4.78 is 0. The highest BCUT2D eigenvalue weighted by Gasteiger charge is 2.13. The standard InChI is InChI=1S/C16H19ClN2O/c1-2-9-18-16(15-8-5-13(17)11-19-15)10-12-3-6-14(20)7-4-12/h3-8,11,16,18,20H,2,9-10H2,1H3. The minimum atomic E-state index is 0.150. The maximum Gasteiger partial charge on any atom is 0.115 e. The van der Waals surface area contributed by atoms with Crippen LogP contribution in [0.1, 0.15) is 30.6 Å². The molecule has 1 unspecified atom stereocenters. The number of nitrogens with one attached hydrogen (secondary N) is 1. The van der Waals surface area contributed by atoms with Crippen molar-refractivity contribution >= 4 is 11.6 Å². The molecular formula is C16H19ClN2O. The highest BCUT2D eigenvalue weighted by atomic mass is 35.5. The van der Waals surface area contributed by atoms with Crippen molar-refractivity contribution in [1.82, 2.24) is 10.3 Å². The number of hydrogen-bond donors (Lipinski definition) is 2. The van der Waals surface area contributed by atoms with Gasteiger partial charge in [-0.25, -0.2) is 0 Å². The highest BCUT2D eigenvalue weighted by molar-refractivity contribution is 6.30. The van der Waals surface area contributed by atoms with Crippen molar-refractivity contribution in [2.24, 2.45) is 0 Å². The number of phenolic OH excluding ortho intramolecular Hbond substituents is 1. The van der Waals surface area contributed by atoms with Gasteiger partial charge in [0.05, 0.1) is 16.8 Å². The summed E-state index contributed by atoms with van der Waals surface area (Å²) in [5, 5.41) is 13.5. The first kappa shape index (κ1) is 14.8. The van der Waals surface area contributed by atoms with Crippen LogP contribution in [0, 0.1) is 0 Å². The van der Waals surface area contributed by atoms with Gasteiger partial charge in [0.25, 0.3) is 0 Å². The molecule has 3 nitrogen and oxygen atoms in total. The zero-order valence-corrected chi connectivity index (χ0v) is 12.3.